The van der Waals surface area contributed by atoms with Crippen LogP contribution in [0.4, 0.5) is 0 Å². The summed E-state index contributed by atoms with van der Waals surface area (Å²) in [7, 11) is 1.49. The Labute approximate surface area is 136 Å². The number of Topliss-reactive ketones (excluding diaryl/α,β-unsaturated/α-hetero) is 1. The van der Waals surface area contributed by atoms with Crippen molar-refractivity contribution in [2.24, 2.45) is 0 Å². The van der Waals surface area contributed by atoms with Crippen molar-refractivity contribution in [3.63, 3.8) is 0 Å². The zero-order chi connectivity index (χ0) is 17.0. The van der Waals surface area contributed by atoms with Crippen LogP contribution in [-0.2, 0) is 4.74 Å². The van der Waals surface area contributed by atoms with Gasteiger partial charge in [0.25, 0.3) is 0 Å². The highest BCUT2D eigenvalue weighted by atomic mass is 16.5. The Hall–Kier alpha value is -2.62. The molecule has 0 saturated carbocycles. The van der Waals surface area contributed by atoms with Gasteiger partial charge < -0.3 is 9.47 Å². The Morgan fingerprint density at radius 1 is 0.913 bits per heavy atom. The summed E-state index contributed by atoms with van der Waals surface area (Å²) in [5, 5.41) is 0. The predicted octanol–water partition coefficient (Wildman–Crippen LogP) is 3.66. The molecule has 0 spiro atoms. The fourth-order valence-electron chi connectivity index (χ4n) is 2.39. The number of aryl methyl sites for hydroxylation is 3. The predicted molar refractivity (Wildman–Crippen MR) is 88.3 cm³/mol. The largest absolute Gasteiger partial charge is 0.496 e. The lowest BCUT2D eigenvalue weighted by Gasteiger charge is -2.10. The average Bonchev–Trinajstić information content (AvgIpc) is 2.52. The molecular weight excluding hydrogens is 292 g/mol. The molecule has 0 saturated heterocycles. The summed E-state index contributed by atoms with van der Waals surface area (Å²) in [4.78, 5) is 24.4. The second-order valence-corrected chi connectivity index (χ2v) is 5.52. The number of esters is 1. The van der Waals surface area contributed by atoms with Gasteiger partial charge in [-0.05, 0) is 38.5 Å². The fourth-order valence-corrected chi connectivity index (χ4v) is 2.39. The normalized spacial score (nSPS) is 10.3. The van der Waals surface area contributed by atoms with Crippen LogP contribution in [0.5, 0.6) is 5.75 Å². The molecule has 0 radical (unpaired) electrons. The first-order valence-corrected chi connectivity index (χ1v) is 7.34. The van der Waals surface area contributed by atoms with E-state index in [1.165, 1.54) is 7.11 Å². The van der Waals surface area contributed by atoms with E-state index in [4.69, 9.17) is 9.47 Å². The number of hydrogen-bond acceptors (Lipinski definition) is 4. The van der Waals surface area contributed by atoms with E-state index in [1.807, 2.05) is 39.0 Å². The molecule has 0 amide bonds. The van der Waals surface area contributed by atoms with E-state index >= 15 is 0 Å². The van der Waals surface area contributed by atoms with Crippen LogP contribution in [0.15, 0.2) is 36.4 Å². The van der Waals surface area contributed by atoms with Crippen molar-refractivity contribution in [2.45, 2.75) is 20.8 Å². The van der Waals surface area contributed by atoms with Crippen LogP contribution in [0, 0.1) is 20.8 Å². The molecule has 0 aromatic heterocycles. The molecule has 2 aromatic rings. The number of methoxy groups -OCH3 is 1. The Morgan fingerprint density at radius 2 is 1.57 bits per heavy atom. The highest BCUT2D eigenvalue weighted by Crippen LogP contribution is 2.21. The first-order valence-electron chi connectivity index (χ1n) is 7.34. The van der Waals surface area contributed by atoms with Gasteiger partial charge in [0.1, 0.15) is 11.3 Å². The SMILES string of the molecule is COc1ccc(C)cc1C(=O)OCC(=O)c1ccc(C)cc1C. The smallest absolute Gasteiger partial charge is 0.342 e. The van der Waals surface area contributed by atoms with E-state index in [-0.39, 0.29) is 12.4 Å². The lowest BCUT2D eigenvalue weighted by molar-refractivity contribution is 0.0471. The van der Waals surface area contributed by atoms with Gasteiger partial charge in [0.05, 0.1) is 7.11 Å². The van der Waals surface area contributed by atoms with Crippen LogP contribution < -0.4 is 4.74 Å². The molecule has 0 aliphatic heterocycles. The lowest BCUT2D eigenvalue weighted by Crippen LogP contribution is -2.16. The van der Waals surface area contributed by atoms with Crippen molar-refractivity contribution in [3.8, 4) is 5.75 Å². The molecule has 0 aliphatic rings. The topological polar surface area (TPSA) is 52.6 Å². The van der Waals surface area contributed by atoms with Gasteiger partial charge in [0.2, 0.25) is 5.78 Å². The van der Waals surface area contributed by atoms with Gasteiger partial charge in [-0.3, -0.25) is 4.79 Å². The van der Waals surface area contributed by atoms with Crippen molar-refractivity contribution in [2.75, 3.05) is 13.7 Å². The number of ketones is 1. The molecule has 0 N–H and O–H groups in total. The standard InChI is InChI=1S/C19H20O4/c1-12-5-7-15(14(3)9-12)17(20)11-23-19(21)16-10-13(2)6-8-18(16)22-4/h5-10H,11H2,1-4H3. The van der Waals surface area contributed by atoms with Crippen molar-refractivity contribution in [1.82, 2.24) is 0 Å². The quantitative estimate of drug-likeness (QED) is 0.624. The summed E-state index contributed by atoms with van der Waals surface area (Å²) in [5.74, 6) is -0.356. The number of ether oxygens (including phenoxy) is 2. The molecule has 0 heterocycles. The van der Waals surface area contributed by atoms with Gasteiger partial charge in [0, 0.05) is 5.56 Å². The van der Waals surface area contributed by atoms with Gasteiger partial charge in [-0.15, -0.1) is 0 Å². The fraction of sp³-hybridized carbons (Fsp3) is 0.263. The molecule has 120 valence electrons. The third-order valence-corrected chi connectivity index (χ3v) is 3.59. The number of carbonyl (C=O) groups excluding carboxylic acids is 2. The summed E-state index contributed by atoms with van der Waals surface area (Å²) in [6, 6.07) is 10.8. The molecule has 0 bridgehead atoms. The highest BCUT2D eigenvalue weighted by Gasteiger charge is 2.17. The van der Waals surface area contributed by atoms with Crippen LogP contribution in [0.2, 0.25) is 0 Å². The van der Waals surface area contributed by atoms with Gasteiger partial charge in [-0.25, -0.2) is 4.79 Å². The summed E-state index contributed by atoms with van der Waals surface area (Å²) < 4.78 is 10.3. The number of hydrogen-bond donors (Lipinski definition) is 0. The monoisotopic (exact) mass is 312 g/mol. The van der Waals surface area contributed by atoms with E-state index in [0.717, 1.165) is 16.7 Å². The zero-order valence-electron chi connectivity index (χ0n) is 13.8. The number of carbonyl (C=O) groups is 2. The Bertz CT molecular complexity index is 747. The van der Waals surface area contributed by atoms with Crippen molar-refractivity contribution >= 4 is 11.8 Å². The Morgan fingerprint density at radius 3 is 2.22 bits per heavy atom. The second-order valence-electron chi connectivity index (χ2n) is 5.52. The van der Waals surface area contributed by atoms with Crippen LogP contribution in [0.25, 0.3) is 0 Å². The minimum Gasteiger partial charge on any atom is -0.496 e. The number of benzene rings is 2. The molecule has 0 aliphatic carbocycles. The molecule has 23 heavy (non-hydrogen) atoms. The van der Waals surface area contributed by atoms with Gasteiger partial charge in [0.15, 0.2) is 6.61 Å². The number of rotatable bonds is 5. The Balaban J connectivity index is 2.10. The molecule has 0 unspecified atom stereocenters. The lowest BCUT2D eigenvalue weighted by atomic mass is 10.0. The van der Waals surface area contributed by atoms with E-state index in [9.17, 15) is 9.59 Å². The highest BCUT2D eigenvalue weighted by molar-refractivity contribution is 6.01. The minimum absolute atomic E-state index is 0.220. The molecule has 0 atom stereocenters. The van der Waals surface area contributed by atoms with Crippen LogP contribution in [-0.4, -0.2) is 25.5 Å². The summed E-state index contributed by atoms with van der Waals surface area (Å²) in [5.41, 5.74) is 3.76. The summed E-state index contributed by atoms with van der Waals surface area (Å²) in [6.45, 7) is 5.41. The maximum Gasteiger partial charge on any atom is 0.342 e. The van der Waals surface area contributed by atoms with Crippen LogP contribution in [0.3, 0.4) is 0 Å². The van der Waals surface area contributed by atoms with E-state index < -0.39 is 5.97 Å². The van der Waals surface area contributed by atoms with Crippen molar-refractivity contribution < 1.29 is 19.1 Å². The van der Waals surface area contributed by atoms with Crippen LogP contribution in [0.1, 0.15) is 37.4 Å². The molecule has 0 fully saturated rings. The van der Waals surface area contributed by atoms with Crippen molar-refractivity contribution in [3.05, 3.63) is 64.2 Å². The van der Waals surface area contributed by atoms with Crippen LogP contribution >= 0.6 is 0 Å². The summed E-state index contributed by atoms with van der Waals surface area (Å²) in [6.07, 6.45) is 0. The van der Waals surface area contributed by atoms with E-state index in [2.05, 4.69) is 0 Å². The second kappa shape index (κ2) is 7.09. The van der Waals surface area contributed by atoms with Gasteiger partial charge >= 0.3 is 5.97 Å². The van der Waals surface area contributed by atoms with E-state index in [0.29, 0.717) is 16.9 Å². The maximum atomic E-state index is 12.2. The molecule has 4 nitrogen and oxygen atoms in total. The third-order valence-electron chi connectivity index (χ3n) is 3.59. The van der Waals surface area contributed by atoms with Crippen molar-refractivity contribution in [1.29, 1.82) is 0 Å². The zero-order valence-corrected chi connectivity index (χ0v) is 13.8. The molecule has 2 rings (SSSR count). The van der Waals surface area contributed by atoms with Gasteiger partial charge in [-0.2, -0.15) is 0 Å². The first-order chi connectivity index (χ1) is 10.9. The minimum atomic E-state index is -0.566. The third kappa shape index (κ3) is 3.97. The molecule has 2 aromatic carbocycles. The molecular formula is C19H20O4. The maximum absolute atomic E-state index is 12.2. The Kier molecular flexibility index (Phi) is 5.16. The average molecular weight is 312 g/mol. The summed E-state index contributed by atoms with van der Waals surface area (Å²) >= 11 is 0. The van der Waals surface area contributed by atoms with E-state index in [1.54, 1.807) is 18.2 Å². The molecule has 4 heteroatoms. The van der Waals surface area contributed by atoms with Gasteiger partial charge in [-0.1, -0.05) is 35.4 Å². The first kappa shape index (κ1) is 16.7.